The van der Waals surface area contributed by atoms with Gasteiger partial charge in [0.2, 0.25) is 5.91 Å². The lowest BCUT2D eigenvalue weighted by molar-refractivity contribution is -0.122. The molecule has 0 saturated carbocycles. The van der Waals surface area contributed by atoms with Gasteiger partial charge in [0.25, 0.3) is 11.7 Å². The molecule has 0 fully saturated rings. The number of carbonyl (C=O) groups is 3. The summed E-state index contributed by atoms with van der Waals surface area (Å²) in [5.74, 6) is -1.58. The number of halogens is 1. The van der Waals surface area contributed by atoms with Crippen LogP contribution < -0.4 is 10.2 Å². The van der Waals surface area contributed by atoms with E-state index in [1.165, 1.54) is 17.0 Å². The van der Waals surface area contributed by atoms with Crippen molar-refractivity contribution in [3.8, 4) is 0 Å². The zero-order valence-corrected chi connectivity index (χ0v) is 12.7. The van der Waals surface area contributed by atoms with Crippen molar-refractivity contribution in [1.29, 1.82) is 0 Å². The number of ketones is 1. The Morgan fingerprint density at radius 3 is 2.76 bits per heavy atom. The minimum absolute atomic E-state index is 0.0368. The minimum atomic E-state index is -0.689. The highest BCUT2D eigenvalue weighted by atomic mass is 35.5. The molecule has 1 aliphatic rings. The molecule has 1 unspecified atom stereocenters. The molecule has 2 amide bonds. The molecule has 0 spiro atoms. The highest BCUT2D eigenvalue weighted by Crippen LogP contribution is 2.31. The molecule has 1 N–H and O–H groups in total. The summed E-state index contributed by atoms with van der Waals surface area (Å²) in [7, 11) is 0. The van der Waals surface area contributed by atoms with Crippen LogP contribution >= 0.6 is 11.6 Å². The van der Waals surface area contributed by atoms with Gasteiger partial charge in [0.15, 0.2) is 0 Å². The van der Waals surface area contributed by atoms with E-state index in [0.29, 0.717) is 16.3 Å². The van der Waals surface area contributed by atoms with Crippen LogP contribution in [0.25, 0.3) is 0 Å². The van der Waals surface area contributed by atoms with E-state index in [0.717, 1.165) is 12.8 Å². The van der Waals surface area contributed by atoms with Gasteiger partial charge in [-0.2, -0.15) is 0 Å². The van der Waals surface area contributed by atoms with Gasteiger partial charge < -0.3 is 5.32 Å². The zero-order valence-electron chi connectivity index (χ0n) is 12.0. The van der Waals surface area contributed by atoms with Gasteiger partial charge in [0, 0.05) is 11.1 Å². The van der Waals surface area contributed by atoms with Crippen molar-refractivity contribution in [2.24, 2.45) is 0 Å². The van der Waals surface area contributed by atoms with E-state index in [4.69, 9.17) is 11.6 Å². The summed E-state index contributed by atoms with van der Waals surface area (Å²) in [6, 6.07) is 4.63. The maximum Gasteiger partial charge on any atom is 0.299 e. The van der Waals surface area contributed by atoms with Crippen LogP contribution in [0.5, 0.6) is 0 Å². The number of fused-ring (bicyclic) bond motifs is 1. The van der Waals surface area contributed by atoms with E-state index in [9.17, 15) is 14.4 Å². The number of carbonyl (C=O) groups excluding carboxylic acids is 3. The number of benzene rings is 1. The second-order valence-electron chi connectivity index (χ2n) is 5.14. The topological polar surface area (TPSA) is 66.5 Å². The van der Waals surface area contributed by atoms with Crippen LogP contribution in [0.1, 0.15) is 37.0 Å². The summed E-state index contributed by atoms with van der Waals surface area (Å²) in [4.78, 5) is 37.0. The molecule has 0 radical (unpaired) electrons. The van der Waals surface area contributed by atoms with Gasteiger partial charge in [0.05, 0.1) is 11.3 Å². The van der Waals surface area contributed by atoms with Crippen molar-refractivity contribution in [3.63, 3.8) is 0 Å². The van der Waals surface area contributed by atoms with Gasteiger partial charge in [-0.25, -0.2) is 0 Å². The molecule has 1 aromatic carbocycles. The Kier molecular flexibility index (Phi) is 4.63. The Labute approximate surface area is 128 Å². The highest BCUT2D eigenvalue weighted by Gasteiger charge is 2.36. The first-order chi connectivity index (χ1) is 9.93. The predicted octanol–water partition coefficient (Wildman–Crippen LogP) is 2.17. The Hall–Kier alpha value is -1.88. The summed E-state index contributed by atoms with van der Waals surface area (Å²) < 4.78 is 0. The Bertz CT molecular complexity index is 601. The third kappa shape index (κ3) is 3.24. The fourth-order valence-electron chi connectivity index (χ4n) is 2.39. The number of rotatable bonds is 5. The van der Waals surface area contributed by atoms with Gasteiger partial charge in [-0.15, -0.1) is 0 Å². The van der Waals surface area contributed by atoms with E-state index >= 15 is 0 Å². The summed E-state index contributed by atoms with van der Waals surface area (Å²) in [6.45, 7) is 3.76. The second kappa shape index (κ2) is 6.26. The molecule has 0 saturated heterocycles. The number of nitrogens with zero attached hydrogens (tertiary/aromatic N) is 1. The monoisotopic (exact) mass is 308 g/mol. The van der Waals surface area contributed by atoms with Crippen molar-refractivity contribution < 1.29 is 14.4 Å². The SMILES string of the molecule is CCCC(C)NC(=O)CN1C(=O)C(=O)c2ccc(Cl)cc21. The molecule has 0 aliphatic carbocycles. The lowest BCUT2D eigenvalue weighted by Gasteiger charge is -2.18. The quantitative estimate of drug-likeness (QED) is 0.848. The molecule has 1 heterocycles. The maximum atomic E-state index is 12.0. The molecule has 1 aromatic rings. The number of Topliss-reactive ketones (excluding diaryl/α,β-unsaturated/α-hetero) is 1. The fourth-order valence-corrected chi connectivity index (χ4v) is 2.56. The zero-order chi connectivity index (χ0) is 15.6. The average Bonchev–Trinajstić information content (AvgIpc) is 2.64. The normalized spacial score (nSPS) is 15.1. The third-order valence-corrected chi connectivity index (χ3v) is 3.60. The van der Waals surface area contributed by atoms with Crippen LogP contribution in [0.4, 0.5) is 5.69 Å². The molecule has 5 nitrogen and oxygen atoms in total. The third-order valence-electron chi connectivity index (χ3n) is 3.37. The summed E-state index contributed by atoms with van der Waals surface area (Å²) in [5.41, 5.74) is 0.689. The van der Waals surface area contributed by atoms with Crippen LogP contribution in [-0.4, -0.2) is 30.2 Å². The van der Waals surface area contributed by atoms with Crippen molar-refractivity contribution in [2.75, 3.05) is 11.4 Å². The fraction of sp³-hybridized carbons (Fsp3) is 0.400. The average molecular weight is 309 g/mol. The number of anilines is 1. The van der Waals surface area contributed by atoms with E-state index in [1.54, 1.807) is 6.07 Å². The van der Waals surface area contributed by atoms with Gasteiger partial charge in [-0.05, 0) is 31.5 Å². The lowest BCUT2D eigenvalue weighted by Crippen LogP contribution is -2.43. The molecular weight excluding hydrogens is 292 g/mol. The molecule has 6 heteroatoms. The Morgan fingerprint density at radius 1 is 1.38 bits per heavy atom. The second-order valence-corrected chi connectivity index (χ2v) is 5.58. The van der Waals surface area contributed by atoms with E-state index in [-0.39, 0.29) is 18.5 Å². The number of hydrogen-bond donors (Lipinski definition) is 1. The Morgan fingerprint density at radius 2 is 2.10 bits per heavy atom. The molecule has 0 aromatic heterocycles. The maximum absolute atomic E-state index is 12.0. The highest BCUT2D eigenvalue weighted by molar-refractivity contribution is 6.53. The summed E-state index contributed by atoms with van der Waals surface area (Å²) >= 11 is 5.90. The van der Waals surface area contributed by atoms with Crippen LogP contribution in [0.3, 0.4) is 0 Å². The van der Waals surface area contributed by atoms with Crippen molar-refractivity contribution >= 4 is 34.9 Å². The van der Waals surface area contributed by atoms with Crippen molar-refractivity contribution in [1.82, 2.24) is 5.32 Å². The van der Waals surface area contributed by atoms with Crippen molar-refractivity contribution in [2.45, 2.75) is 32.7 Å². The van der Waals surface area contributed by atoms with Crippen LogP contribution in [-0.2, 0) is 9.59 Å². The molecule has 1 atom stereocenters. The smallest absolute Gasteiger partial charge is 0.299 e. The largest absolute Gasteiger partial charge is 0.352 e. The predicted molar refractivity (Wildman–Crippen MR) is 80.6 cm³/mol. The lowest BCUT2D eigenvalue weighted by atomic mass is 10.1. The van der Waals surface area contributed by atoms with Gasteiger partial charge in [0.1, 0.15) is 6.54 Å². The first-order valence-electron chi connectivity index (χ1n) is 6.89. The van der Waals surface area contributed by atoms with E-state index in [1.807, 2.05) is 13.8 Å². The Balaban J connectivity index is 2.14. The molecule has 112 valence electrons. The summed E-state index contributed by atoms with van der Waals surface area (Å²) in [5, 5.41) is 3.23. The van der Waals surface area contributed by atoms with E-state index in [2.05, 4.69) is 5.32 Å². The number of hydrogen-bond acceptors (Lipinski definition) is 3. The molecule has 21 heavy (non-hydrogen) atoms. The van der Waals surface area contributed by atoms with Gasteiger partial charge in [-0.3, -0.25) is 19.3 Å². The number of amides is 2. The molecule has 0 bridgehead atoms. The van der Waals surface area contributed by atoms with Gasteiger partial charge in [-0.1, -0.05) is 24.9 Å². The molecule has 1 aliphatic heterocycles. The standard InChI is InChI=1S/C15H17ClN2O3/c1-3-4-9(2)17-13(19)8-18-12-7-10(16)5-6-11(12)14(20)15(18)21/h5-7,9H,3-4,8H2,1-2H3,(H,17,19). The molecule has 2 rings (SSSR count). The van der Waals surface area contributed by atoms with Crippen LogP contribution in [0.2, 0.25) is 5.02 Å². The summed E-state index contributed by atoms with van der Waals surface area (Å²) in [6.07, 6.45) is 1.82. The first kappa shape index (κ1) is 15.5. The van der Waals surface area contributed by atoms with E-state index < -0.39 is 11.7 Å². The number of nitrogens with one attached hydrogen (secondary N) is 1. The molecular formula is C15H17ClN2O3. The first-order valence-corrected chi connectivity index (χ1v) is 7.27. The van der Waals surface area contributed by atoms with Crippen molar-refractivity contribution in [3.05, 3.63) is 28.8 Å². The van der Waals surface area contributed by atoms with Crippen LogP contribution in [0.15, 0.2) is 18.2 Å². The minimum Gasteiger partial charge on any atom is -0.352 e. The van der Waals surface area contributed by atoms with Crippen LogP contribution in [0, 0.1) is 0 Å². The van der Waals surface area contributed by atoms with Gasteiger partial charge >= 0.3 is 0 Å².